The van der Waals surface area contributed by atoms with Crippen molar-refractivity contribution >= 4 is 72.1 Å². The summed E-state index contributed by atoms with van der Waals surface area (Å²) < 4.78 is 2.35. The number of aromatic nitrogens is 2. The number of benzene rings is 6. The highest BCUT2D eigenvalue weighted by Crippen LogP contribution is 2.37. The first-order valence-electron chi connectivity index (χ1n) is 13.7. The van der Waals surface area contributed by atoms with Crippen LogP contribution in [0.1, 0.15) is 12.8 Å². The molecule has 0 unspecified atom stereocenters. The van der Waals surface area contributed by atoms with Gasteiger partial charge in [-0.2, -0.15) is 0 Å². The van der Waals surface area contributed by atoms with Crippen LogP contribution in [0.25, 0.3) is 83.2 Å². The highest BCUT2D eigenvalue weighted by Gasteiger charge is 2.16. The maximum Gasteiger partial charge on any atom is 0.146 e. The molecule has 0 saturated heterocycles. The number of fused-ring (bicyclic) bond motifs is 12. The first kappa shape index (κ1) is 21.0. The van der Waals surface area contributed by atoms with Crippen LogP contribution in [0.2, 0.25) is 0 Å². The second-order valence-electron chi connectivity index (χ2n) is 10.7. The van der Waals surface area contributed by atoms with Gasteiger partial charge in [-0.15, -0.1) is 0 Å². The van der Waals surface area contributed by atoms with Crippen LogP contribution in [-0.4, -0.2) is 9.38 Å². The number of rotatable bonds is 1. The predicted octanol–water partition coefficient (Wildman–Crippen LogP) is 8.12. The van der Waals surface area contributed by atoms with Gasteiger partial charge in [0, 0.05) is 10.8 Å². The number of nitrogens with zero attached hydrogens (tertiary/aromatic N) is 2. The highest BCUT2D eigenvalue weighted by molar-refractivity contribution is 6.18. The molecular formula is C37H24N2. The Balaban J connectivity index is 1.47. The lowest BCUT2D eigenvalue weighted by atomic mass is 9.92. The summed E-state index contributed by atoms with van der Waals surface area (Å²) in [6, 6.07) is 40.0. The summed E-state index contributed by atoms with van der Waals surface area (Å²) in [5.41, 5.74) is 6.91. The van der Waals surface area contributed by atoms with E-state index >= 15 is 0 Å². The molecule has 1 aliphatic rings. The van der Waals surface area contributed by atoms with Crippen molar-refractivity contribution in [3.05, 3.63) is 120 Å². The molecule has 2 nitrogen and oxygen atoms in total. The van der Waals surface area contributed by atoms with Crippen molar-refractivity contribution in [3.8, 4) is 11.1 Å². The van der Waals surface area contributed by atoms with Crippen molar-refractivity contribution in [2.24, 2.45) is 0 Å². The van der Waals surface area contributed by atoms with E-state index in [2.05, 4.69) is 126 Å². The van der Waals surface area contributed by atoms with Gasteiger partial charge in [-0.25, -0.2) is 4.98 Å². The molecule has 6 aromatic carbocycles. The van der Waals surface area contributed by atoms with Crippen LogP contribution >= 0.6 is 0 Å². The zero-order chi connectivity index (χ0) is 25.5. The fourth-order valence-electron chi connectivity index (χ4n) is 6.73. The number of para-hydroxylation sites is 2. The Morgan fingerprint density at radius 2 is 1.28 bits per heavy atom. The zero-order valence-corrected chi connectivity index (χ0v) is 21.4. The van der Waals surface area contributed by atoms with E-state index < -0.39 is 0 Å². The summed E-state index contributed by atoms with van der Waals surface area (Å²) in [5, 5.41) is 11.6. The molecule has 0 N–H and O–H groups in total. The Labute approximate surface area is 224 Å². The van der Waals surface area contributed by atoms with Crippen LogP contribution in [-0.2, 0) is 0 Å². The topological polar surface area (TPSA) is 17.3 Å². The molecule has 8 aromatic rings. The lowest BCUT2D eigenvalue weighted by Crippen LogP contribution is -2.27. The van der Waals surface area contributed by atoms with Crippen molar-refractivity contribution in [1.82, 2.24) is 9.38 Å². The van der Waals surface area contributed by atoms with Crippen molar-refractivity contribution in [3.63, 3.8) is 0 Å². The zero-order valence-electron chi connectivity index (χ0n) is 21.4. The molecule has 0 atom stereocenters. The molecule has 182 valence electrons. The standard InChI is InChI=1S/C37H24N2/c1-2-10-24-20-33-31(19-23(24)9-1)32-22-26(17-18-35(32)39-36-16-8-7-15-34(36)38-37(33)39)30-21-25-11-3-4-12-27(25)28-13-5-6-14-29(28)30/h1-2,5-22H,3-4H2. The van der Waals surface area contributed by atoms with Crippen molar-refractivity contribution in [2.75, 3.05) is 0 Å². The number of imidazole rings is 1. The van der Waals surface area contributed by atoms with E-state index in [4.69, 9.17) is 4.98 Å². The number of hydrogen-bond acceptors (Lipinski definition) is 1. The minimum absolute atomic E-state index is 1.02. The van der Waals surface area contributed by atoms with Crippen LogP contribution in [0.5, 0.6) is 0 Å². The van der Waals surface area contributed by atoms with Crippen molar-refractivity contribution in [2.45, 2.75) is 12.8 Å². The molecule has 0 bridgehead atoms. The Morgan fingerprint density at radius 1 is 0.538 bits per heavy atom. The first-order valence-corrected chi connectivity index (χ1v) is 13.7. The van der Waals surface area contributed by atoms with E-state index in [-0.39, 0.29) is 0 Å². The van der Waals surface area contributed by atoms with E-state index in [1.165, 1.54) is 64.8 Å². The Bertz CT molecular complexity index is 2440. The molecule has 0 fully saturated rings. The molecule has 2 heterocycles. The third-order valence-electron chi connectivity index (χ3n) is 8.52. The molecule has 39 heavy (non-hydrogen) atoms. The average Bonchev–Trinajstić information content (AvgIpc) is 3.40. The van der Waals surface area contributed by atoms with E-state index in [0.29, 0.717) is 0 Å². The van der Waals surface area contributed by atoms with Crippen LogP contribution in [0.4, 0.5) is 0 Å². The SMILES string of the molecule is C1=c2cc(-c3ccc4c(c3)c3cc5ccccc5cc3c3nc5ccccc5n43)c3ccccc3c2=CCC1. The first-order chi connectivity index (χ1) is 19.3. The molecule has 1 aliphatic carbocycles. The Hall–Kier alpha value is -4.95. The van der Waals surface area contributed by atoms with Crippen LogP contribution in [0.3, 0.4) is 0 Å². The molecular weight excluding hydrogens is 472 g/mol. The van der Waals surface area contributed by atoms with E-state index in [0.717, 1.165) is 29.5 Å². The summed E-state index contributed by atoms with van der Waals surface area (Å²) >= 11 is 0. The predicted molar refractivity (Wildman–Crippen MR) is 166 cm³/mol. The fraction of sp³-hybridized carbons (Fsp3) is 0.0541. The molecule has 0 radical (unpaired) electrons. The summed E-state index contributed by atoms with van der Waals surface area (Å²) in [6.45, 7) is 0. The molecule has 0 amide bonds. The number of pyridine rings is 1. The van der Waals surface area contributed by atoms with Gasteiger partial charge in [0.15, 0.2) is 0 Å². The van der Waals surface area contributed by atoms with Gasteiger partial charge in [-0.3, -0.25) is 4.40 Å². The third kappa shape index (κ3) is 2.94. The van der Waals surface area contributed by atoms with Gasteiger partial charge in [0.25, 0.3) is 0 Å². The van der Waals surface area contributed by atoms with Gasteiger partial charge in [0.2, 0.25) is 0 Å². The van der Waals surface area contributed by atoms with Gasteiger partial charge in [-0.05, 0) is 104 Å². The average molecular weight is 497 g/mol. The molecule has 0 spiro atoms. The van der Waals surface area contributed by atoms with Crippen LogP contribution in [0.15, 0.2) is 109 Å². The third-order valence-corrected chi connectivity index (χ3v) is 8.52. The normalized spacial score (nSPS) is 13.3. The quantitative estimate of drug-likeness (QED) is 0.166. The van der Waals surface area contributed by atoms with Gasteiger partial charge >= 0.3 is 0 Å². The second kappa shape index (κ2) is 7.78. The smallest absolute Gasteiger partial charge is 0.146 e. The number of hydrogen-bond donors (Lipinski definition) is 0. The monoisotopic (exact) mass is 496 g/mol. The van der Waals surface area contributed by atoms with E-state index in [1.807, 2.05) is 0 Å². The summed E-state index contributed by atoms with van der Waals surface area (Å²) in [4.78, 5) is 5.13. The maximum absolute atomic E-state index is 5.13. The van der Waals surface area contributed by atoms with Crippen LogP contribution < -0.4 is 10.4 Å². The van der Waals surface area contributed by atoms with Gasteiger partial charge < -0.3 is 0 Å². The Kier molecular flexibility index (Phi) is 4.20. The summed E-state index contributed by atoms with van der Waals surface area (Å²) in [6.07, 6.45) is 7.02. The summed E-state index contributed by atoms with van der Waals surface area (Å²) in [7, 11) is 0. The van der Waals surface area contributed by atoms with Gasteiger partial charge in [-0.1, -0.05) is 78.9 Å². The molecule has 2 aromatic heterocycles. The molecule has 2 heteroatoms. The maximum atomic E-state index is 5.13. The van der Waals surface area contributed by atoms with Crippen LogP contribution in [0, 0.1) is 0 Å². The van der Waals surface area contributed by atoms with E-state index in [9.17, 15) is 0 Å². The lowest BCUT2D eigenvalue weighted by molar-refractivity contribution is 1.12. The Morgan fingerprint density at radius 3 is 2.18 bits per heavy atom. The minimum atomic E-state index is 1.02. The lowest BCUT2D eigenvalue weighted by Gasteiger charge is -2.14. The van der Waals surface area contributed by atoms with E-state index in [1.54, 1.807) is 0 Å². The molecule has 9 rings (SSSR count). The van der Waals surface area contributed by atoms with Crippen molar-refractivity contribution in [1.29, 1.82) is 0 Å². The minimum Gasteiger partial charge on any atom is -0.292 e. The second-order valence-corrected chi connectivity index (χ2v) is 10.7. The highest BCUT2D eigenvalue weighted by atomic mass is 15.0. The molecule has 0 aliphatic heterocycles. The summed E-state index contributed by atoms with van der Waals surface area (Å²) in [5.74, 6) is 0. The van der Waals surface area contributed by atoms with Gasteiger partial charge in [0.05, 0.1) is 16.6 Å². The largest absolute Gasteiger partial charge is 0.292 e. The van der Waals surface area contributed by atoms with Gasteiger partial charge in [0.1, 0.15) is 5.65 Å². The fourth-order valence-corrected chi connectivity index (χ4v) is 6.73. The van der Waals surface area contributed by atoms with Crippen molar-refractivity contribution < 1.29 is 0 Å². The molecule has 0 saturated carbocycles.